The Labute approximate surface area is 102 Å². The first-order valence-electron chi connectivity index (χ1n) is 5.16. The number of aryl methyl sites for hydroxylation is 1. The summed E-state index contributed by atoms with van der Waals surface area (Å²) < 4.78 is 13.5. The summed E-state index contributed by atoms with van der Waals surface area (Å²) in [7, 11) is 0. The molecule has 18 heavy (non-hydrogen) atoms. The van der Waals surface area contributed by atoms with E-state index in [4.69, 9.17) is 5.11 Å². The van der Waals surface area contributed by atoms with Crippen molar-refractivity contribution >= 4 is 17.5 Å². The van der Waals surface area contributed by atoms with Gasteiger partial charge in [0.15, 0.2) is 11.5 Å². The Hall–Kier alpha value is -2.50. The lowest BCUT2D eigenvalue weighted by Gasteiger charge is -2.06. The first-order valence-corrected chi connectivity index (χ1v) is 5.16. The molecular weight excluding hydrogens is 237 g/mol. The number of nitrogens with zero attached hydrogens (tertiary/aromatic N) is 2. The van der Waals surface area contributed by atoms with Gasteiger partial charge in [-0.25, -0.2) is 9.18 Å². The number of hydrogen-bond acceptors (Lipinski definition) is 4. The number of carboxylic acids is 1. The molecule has 0 aliphatic heterocycles. The third-order valence-electron chi connectivity index (χ3n) is 2.27. The van der Waals surface area contributed by atoms with Crippen molar-refractivity contribution in [1.82, 2.24) is 10.2 Å². The number of nitrogens with one attached hydrogen (secondary N) is 1. The van der Waals surface area contributed by atoms with Crippen molar-refractivity contribution in [3.05, 3.63) is 47.4 Å². The fourth-order valence-corrected chi connectivity index (χ4v) is 1.37. The highest BCUT2D eigenvalue weighted by Gasteiger charge is 2.07. The molecule has 6 heteroatoms. The average Bonchev–Trinajstić information content (AvgIpc) is 2.33. The van der Waals surface area contributed by atoms with Crippen LogP contribution in [0.1, 0.15) is 16.1 Å². The predicted octanol–water partition coefficient (Wildman–Crippen LogP) is 2.37. The lowest BCUT2D eigenvalue weighted by Crippen LogP contribution is -2.04. The van der Waals surface area contributed by atoms with Gasteiger partial charge in [-0.3, -0.25) is 0 Å². The van der Waals surface area contributed by atoms with Crippen LogP contribution in [0.25, 0.3) is 0 Å². The molecule has 0 bridgehead atoms. The van der Waals surface area contributed by atoms with E-state index in [9.17, 15) is 9.18 Å². The SMILES string of the molecule is Cc1ccc(Nc2ccc(C(=O)O)nn2)c(F)c1. The minimum absolute atomic E-state index is 0.162. The average molecular weight is 247 g/mol. The number of benzene rings is 1. The van der Waals surface area contributed by atoms with E-state index in [2.05, 4.69) is 15.5 Å². The molecule has 0 amide bonds. The molecule has 2 N–H and O–H groups in total. The molecule has 2 rings (SSSR count). The number of aromatic carboxylic acids is 1. The van der Waals surface area contributed by atoms with Crippen molar-refractivity contribution in [2.24, 2.45) is 0 Å². The fourth-order valence-electron chi connectivity index (χ4n) is 1.37. The lowest BCUT2D eigenvalue weighted by molar-refractivity contribution is 0.0689. The molecule has 1 aromatic carbocycles. The summed E-state index contributed by atoms with van der Waals surface area (Å²) in [5.41, 5.74) is 0.910. The summed E-state index contributed by atoms with van der Waals surface area (Å²) in [6.45, 7) is 1.79. The van der Waals surface area contributed by atoms with E-state index in [1.165, 1.54) is 18.2 Å². The molecule has 5 nitrogen and oxygen atoms in total. The summed E-state index contributed by atoms with van der Waals surface area (Å²) >= 11 is 0. The quantitative estimate of drug-likeness (QED) is 0.870. The van der Waals surface area contributed by atoms with Crippen molar-refractivity contribution in [3.63, 3.8) is 0 Å². The smallest absolute Gasteiger partial charge is 0.356 e. The van der Waals surface area contributed by atoms with E-state index >= 15 is 0 Å². The Morgan fingerprint density at radius 1 is 1.28 bits per heavy atom. The predicted molar refractivity (Wildman–Crippen MR) is 63.4 cm³/mol. The molecule has 0 saturated carbocycles. The molecule has 1 aromatic heterocycles. The topological polar surface area (TPSA) is 75.1 Å². The van der Waals surface area contributed by atoms with Gasteiger partial charge in [-0.1, -0.05) is 6.07 Å². The molecule has 1 heterocycles. The largest absolute Gasteiger partial charge is 0.476 e. The molecule has 0 atom stereocenters. The zero-order valence-corrected chi connectivity index (χ0v) is 9.51. The number of anilines is 2. The van der Waals surface area contributed by atoms with Crippen LogP contribution in [0.15, 0.2) is 30.3 Å². The van der Waals surface area contributed by atoms with Gasteiger partial charge in [0.2, 0.25) is 0 Å². The summed E-state index contributed by atoms with van der Waals surface area (Å²) in [6.07, 6.45) is 0. The van der Waals surface area contributed by atoms with Crippen molar-refractivity contribution in [2.45, 2.75) is 6.92 Å². The Bertz CT molecular complexity index is 584. The third-order valence-corrected chi connectivity index (χ3v) is 2.27. The Morgan fingerprint density at radius 3 is 2.61 bits per heavy atom. The molecule has 0 unspecified atom stereocenters. The molecule has 92 valence electrons. The Morgan fingerprint density at radius 2 is 2.06 bits per heavy atom. The van der Waals surface area contributed by atoms with Gasteiger partial charge in [-0.05, 0) is 36.8 Å². The monoisotopic (exact) mass is 247 g/mol. The normalized spacial score (nSPS) is 10.1. The van der Waals surface area contributed by atoms with E-state index < -0.39 is 11.8 Å². The second-order valence-electron chi connectivity index (χ2n) is 3.72. The molecule has 0 radical (unpaired) electrons. The van der Waals surface area contributed by atoms with Crippen LogP contribution in [0.5, 0.6) is 0 Å². The van der Waals surface area contributed by atoms with Crippen LogP contribution in [-0.4, -0.2) is 21.3 Å². The maximum atomic E-state index is 13.5. The van der Waals surface area contributed by atoms with Crippen LogP contribution in [0.4, 0.5) is 15.9 Å². The summed E-state index contributed by atoms with van der Waals surface area (Å²) in [5.74, 6) is -1.28. The number of carboxylic acid groups (broad SMARTS) is 1. The zero-order chi connectivity index (χ0) is 13.1. The third kappa shape index (κ3) is 2.60. The van der Waals surface area contributed by atoms with E-state index in [-0.39, 0.29) is 17.2 Å². The van der Waals surface area contributed by atoms with Crippen LogP contribution in [0, 0.1) is 12.7 Å². The first-order chi connectivity index (χ1) is 8.56. The Balaban J connectivity index is 2.21. The number of hydrogen-bond donors (Lipinski definition) is 2. The first kappa shape index (κ1) is 12.0. The van der Waals surface area contributed by atoms with Crippen LogP contribution in [0.3, 0.4) is 0 Å². The van der Waals surface area contributed by atoms with Crippen molar-refractivity contribution in [1.29, 1.82) is 0 Å². The highest BCUT2D eigenvalue weighted by molar-refractivity contribution is 5.85. The van der Waals surface area contributed by atoms with Crippen LogP contribution in [-0.2, 0) is 0 Å². The molecule has 0 spiro atoms. The van der Waals surface area contributed by atoms with Crippen LogP contribution < -0.4 is 5.32 Å². The van der Waals surface area contributed by atoms with E-state index in [0.29, 0.717) is 0 Å². The molecule has 2 aromatic rings. The summed E-state index contributed by atoms with van der Waals surface area (Å²) in [4.78, 5) is 10.6. The van der Waals surface area contributed by atoms with Crippen LogP contribution in [0.2, 0.25) is 0 Å². The van der Waals surface area contributed by atoms with Crippen molar-refractivity contribution in [2.75, 3.05) is 5.32 Å². The van der Waals surface area contributed by atoms with Gasteiger partial charge >= 0.3 is 5.97 Å². The zero-order valence-electron chi connectivity index (χ0n) is 9.51. The van der Waals surface area contributed by atoms with Gasteiger partial charge in [-0.15, -0.1) is 10.2 Å². The van der Waals surface area contributed by atoms with E-state index in [1.54, 1.807) is 19.1 Å². The number of aromatic nitrogens is 2. The lowest BCUT2D eigenvalue weighted by atomic mass is 10.2. The fraction of sp³-hybridized carbons (Fsp3) is 0.0833. The highest BCUT2D eigenvalue weighted by Crippen LogP contribution is 2.19. The van der Waals surface area contributed by atoms with Crippen LogP contribution >= 0.6 is 0 Å². The second-order valence-corrected chi connectivity index (χ2v) is 3.72. The van der Waals surface area contributed by atoms with Gasteiger partial charge in [0.25, 0.3) is 0 Å². The van der Waals surface area contributed by atoms with Gasteiger partial charge in [0.05, 0.1) is 5.69 Å². The number of rotatable bonds is 3. The van der Waals surface area contributed by atoms with E-state index in [0.717, 1.165) is 5.56 Å². The molecule has 0 saturated heterocycles. The van der Waals surface area contributed by atoms with Gasteiger partial charge in [0.1, 0.15) is 5.82 Å². The van der Waals surface area contributed by atoms with Crippen molar-refractivity contribution < 1.29 is 14.3 Å². The molecular formula is C12H10FN3O2. The maximum absolute atomic E-state index is 13.5. The molecule has 0 aliphatic carbocycles. The second kappa shape index (κ2) is 4.79. The Kier molecular flexibility index (Phi) is 3.18. The van der Waals surface area contributed by atoms with E-state index in [1.807, 2.05) is 0 Å². The standard InChI is InChI=1S/C12H10FN3O2/c1-7-2-3-9(8(13)6-7)14-11-5-4-10(12(17)18)15-16-11/h2-6H,1H3,(H,14,16)(H,17,18). The number of halogens is 1. The molecule has 0 aliphatic rings. The van der Waals surface area contributed by atoms with Gasteiger partial charge < -0.3 is 10.4 Å². The highest BCUT2D eigenvalue weighted by atomic mass is 19.1. The maximum Gasteiger partial charge on any atom is 0.356 e. The number of carbonyl (C=O) groups is 1. The van der Waals surface area contributed by atoms with Crippen molar-refractivity contribution in [3.8, 4) is 0 Å². The minimum atomic E-state index is -1.16. The minimum Gasteiger partial charge on any atom is -0.476 e. The molecule has 0 fully saturated rings. The van der Waals surface area contributed by atoms with Gasteiger partial charge in [-0.2, -0.15) is 0 Å². The summed E-state index contributed by atoms with van der Waals surface area (Å²) in [6, 6.07) is 7.45. The van der Waals surface area contributed by atoms with Gasteiger partial charge in [0, 0.05) is 0 Å². The summed E-state index contributed by atoms with van der Waals surface area (Å²) in [5, 5.41) is 18.5.